The molecule has 2 aromatic rings. The minimum Gasteiger partial charge on any atom is -0.480 e. The van der Waals surface area contributed by atoms with Gasteiger partial charge in [0.1, 0.15) is 18.6 Å². The van der Waals surface area contributed by atoms with Crippen LogP contribution in [0.4, 0.5) is 0 Å². The van der Waals surface area contributed by atoms with Crippen LogP contribution in [0, 0.1) is 0 Å². The van der Waals surface area contributed by atoms with E-state index in [-0.39, 0.29) is 19.3 Å². The monoisotopic (exact) mass is 490 g/mol. The molecule has 1 aromatic carbocycles. The van der Waals surface area contributed by atoms with Crippen LogP contribution in [-0.4, -0.2) is 75.6 Å². The van der Waals surface area contributed by atoms with Gasteiger partial charge in [-0.2, -0.15) is 0 Å². The molecule has 0 bridgehead atoms. The quantitative estimate of drug-likeness (QED) is 0.154. The third-order valence-corrected chi connectivity index (χ3v) is 5.24. The second-order valence-electron chi connectivity index (χ2n) is 8.07. The van der Waals surface area contributed by atoms with Crippen molar-refractivity contribution in [3.05, 3.63) is 36.0 Å². The smallest absolute Gasteiger partial charge is 0.322 e. The summed E-state index contributed by atoms with van der Waals surface area (Å²) in [6, 6.07) is 3.62. The number of aromatic amines is 1. The third-order valence-electron chi connectivity index (χ3n) is 5.24. The molecule has 4 atom stereocenters. The Hall–Kier alpha value is -3.97. The van der Waals surface area contributed by atoms with E-state index in [4.69, 9.17) is 16.6 Å². The standard InChI is InChI=1S/C22H30N6O7/c1-11(29)19(22(35)26-10-18(31)32)28-21(34)16(6-7-17(24)30)27-20(33)14(23)8-12-9-25-15-5-3-2-4-13(12)15/h2-5,9,11,14,16,19,25,29H,6-8,10,23H2,1H3,(H2,24,30)(H,26,35)(H,27,33)(H,28,34)(H,31,32). The summed E-state index contributed by atoms with van der Waals surface area (Å²) in [5.74, 6) is -4.53. The molecule has 13 heteroatoms. The Kier molecular flexibility index (Phi) is 9.73. The number of carbonyl (C=O) groups is 5. The molecule has 190 valence electrons. The summed E-state index contributed by atoms with van der Waals surface area (Å²) >= 11 is 0. The molecule has 0 aliphatic carbocycles. The summed E-state index contributed by atoms with van der Waals surface area (Å²) in [5, 5.41) is 26.3. The molecule has 2 rings (SSSR count). The number of aliphatic hydroxyl groups is 1. The average molecular weight is 491 g/mol. The zero-order valence-corrected chi connectivity index (χ0v) is 19.1. The Morgan fingerprint density at radius 3 is 2.37 bits per heavy atom. The van der Waals surface area contributed by atoms with Crippen LogP contribution in [0.15, 0.2) is 30.5 Å². The van der Waals surface area contributed by atoms with Gasteiger partial charge in [0.2, 0.25) is 23.6 Å². The lowest BCUT2D eigenvalue weighted by Gasteiger charge is -2.25. The zero-order valence-electron chi connectivity index (χ0n) is 19.1. The Bertz CT molecular complexity index is 1080. The van der Waals surface area contributed by atoms with Crippen LogP contribution in [0.25, 0.3) is 10.9 Å². The van der Waals surface area contributed by atoms with Gasteiger partial charge in [-0.1, -0.05) is 18.2 Å². The maximum atomic E-state index is 12.8. The van der Waals surface area contributed by atoms with E-state index < -0.39 is 60.4 Å². The number of H-pyrrole nitrogens is 1. The first-order chi connectivity index (χ1) is 16.5. The second kappa shape index (κ2) is 12.5. The van der Waals surface area contributed by atoms with Crippen molar-refractivity contribution >= 4 is 40.5 Å². The molecule has 35 heavy (non-hydrogen) atoms. The fraction of sp³-hybridized carbons (Fsp3) is 0.409. The number of hydrogen-bond donors (Lipinski definition) is 8. The molecule has 10 N–H and O–H groups in total. The average Bonchev–Trinajstić information content (AvgIpc) is 3.20. The van der Waals surface area contributed by atoms with Gasteiger partial charge in [0.15, 0.2) is 0 Å². The highest BCUT2D eigenvalue weighted by Gasteiger charge is 2.31. The summed E-state index contributed by atoms with van der Waals surface area (Å²) in [4.78, 5) is 62.8. The van der Waals surface area contributed by atoms with E-state index in [1.54, 1.807) is 6.20 Å². The van der Waals surface area contributed by atoms with Crippen molar-refractivity contribution in [2.24, 2.45) is 11.5 Å². The predicted molar refractivity (Wildman–Crippen MR) is 125 cm³/mol. The fourth-order valence-corrected chi connectivity index (χ4v) is 3.40. The highest BCUT2D eigenvalue weighted by molar-refractivity contribution is 5.94. The Morgan fingerprint density at radius 1 is 1.06 bits per heavy atom. The first-order valence-electron chi connectivity index (χ1n) is 10.9. The normalized spacial score (nSPS) is 14.4. The molecular formula is C22H30N6O7. The van der Waals surface area contributed by atoms with E-state index in [2.05, 4.69) is 20.9 Å². The van der Waals surface area contributed by atoms with Crippen molar-refractivity contribution in [1.29, 1.82) is 0 Å². The first-order valence-corrected chi connectivity index (χ1v) is 10.9. The summed E-state index contributed by atoms with van der Waals surface area (Å²) < 4.78 is 0. The summed E-state index contributed by atoms with van der Waals surface area (Å²) in [6.07, 6.45) is 0.0760. The number of nitrogens with one attached hydrogen (secondary N) is 4. The molecule has 0 saturated carbocycles. The number of para-hydroxylation sites is 1. The lowest BCUT2D eigenvalue weighted by atomic mass is 10.0. The van der Waals surface area contributed by atoms with Crippen LogP contribution in [0.2, 0.25) is 0 Å². The van der Waals surface area contributed by atoms with Gasteiger partial charge in [0.05, 0.1) is 12.1 Å². The van der Waals surface area contributed by atoms with Crippen LogP contribution in [-0.2, 0) is 30.4 Å². The van der Waals surface area contributed by atoms with Crippen molar-refractivity contribution in [2.75, 3.05) is 6.54 Å². The number of hydrogen-bond acceptors (Lipinski definition) is 7. The van der Waals surface area contributed by atoms with Crippen LogP contribution < -0.4 is 27.4 Å². The molecule has 0 fully saturated rings. The van der Waals surface area contributed by atoms with Gasteiger partial charge >= 0.3 is 5.97 Å². The van der Waals surface area contributed by atoms with Crippen molar-refractivity contribution in [2.45, 2.75) is 50.4 Å². The van der Waals surface area contributed by atoms with Crippen molar-refractivity contribution in [3.63, 3.8) is 0 Å². The predicted octanol–water partition coefficient (Wildman–Crippen LogP) is -2.15. The van der Waals surface area contributed by atoms with Crippen molar-refractivity contribution < 1.29 is 34.2 Å². The van der Waals surface area contributed by atoms with Crippen LogP contribution in [0.5, 0.6) is 0 Å². The molecule has 4 amide bonds. The highest BCUT2D eigenvalue weighted by atomic mass is 16.4. The number of carboxylic acids is 1. The number of benzene rings is 1. The molecular weight excluding hydrogens is 460 g/mol. The first kappa shape index (κ1) is 27.3. The molecule has 0 aliphatic heterocycles. The number of nitrogens with two attached hydrogens (primary N) is 2. The minimum atomic E-state index is -1.50. The van der Waals surface area contributed by atoms with Gasteiger partial charge in [-0.25, -0.2) is 0 Å². The zero-order chi connectivity index (χ0) is 26.1. The van der Waals surface area contributed by atoms with Gasteiger partial charge < -0.3 is 42.6 Å². The maximum absolute atomic E-state index is 12.8. The van der Waals surface area contributed by atoms with E-state index in [0.717, 1.165) is 16.5 Å². The Labute approximate surface area is 200 Å². The number of amides is 4. The number of primary amides is 1. The number of fused-ring (bicyclic) bond motifs is 1. The van der Waals surface area contributed by atoms with E-state index in [1.165, 1.54) is 6.92 Å². The minimum absolute atomic E-state index is 0.161. The van der Waals surface area contributed by atoms with Gasteiger partial charge in [-0.3, -0.25) is 24.0 Å². The van der Waals surface area contributed by atoms with Crippen molar-refractivity contribution in [3.8, 4) is 0 Å². The molecule has 0 spiro atoms. The SMILES string of the molecule is CC(O)C(NC(=O)C(CCC(N)=O)NC(=O)C(N)Cc1c[nH]c2ccccc12)C(=O)NCC(=O)O. The highest BCUT2D eigenvalue weighted by Crippen LogP contribution is 2.18. The molecule has 1 aromatic heterocycles. The second-order valence-corrected chi connectivity index (χ2v) is 8.07. The number of aliphatic carboxylic acids is 1. The lowest BCUT2D eigenvalue weighted by molar-refractivity contribution is -0.139. The number of carbonyl (C=O) groups excluding carboxylic acids is 4. The number of aromatic nitrogens is 1. The molecule has 0 aliphatic rings. The molecule has 0 saturated heterocycles. The van der Waals surface area contributed by atoms with E-state index >= 15 is 0 Å². The molecule has 0 radical (unpaired) electrons. The topological polar surface area (TPSA) is 230 Å². The number of carboxylic acid groups (broad SMARTS) is 1. The van der Waals surface area contributed by atoms with Crippen LogP contribution >= 0.6 is 0 Å². The van der Waals surface area contributed by atoms with Gasteiger partial charge in [0.25, 0.3) is 0 Å². The van der Waals surface area contributed by atoms with E-state index in [0.29, 0.717) is 0 Å². The van der Waals surface area contributed by atoms with Crippen molar-refractivity contribution in [1.82, 2.24) is 20.9 Å². The molecule has 13 nitrogen and oxygen atoms in total. The van der Waals surface area contributed by atoms with Gasteiger partial charge in [0, 0.05) is 23.5 Å². The summed E-state index contributed by atoms with van der Waals surface area (Å²) in [6.45, 7) is 0.502. The van der Waals surface area contributed by atoms with Gasteiger partial charge in [-0.05, 0) is 31.4 Å². The van der Waals surface area contributed by atoms with Crippen LogP contribution in [0.3, 0.4) is 0 Å². The number of rotatable bonds is 13. The Balaban J connectivity index is 2.10. The summed E-state index contributed by atoms with van der Waals surface area (Å²) in [7, 11) is 0. The molecule has 4 unspecified atom stereocenters. The summed E-state index contributed by atoms with van der Waals surface area (Å²) in [5.41, 5.74) is 12.9. The van der Waals surface area contributed by atoms with Crippen LogP contribution in [0.1, 0.15) is 25.3 Å². The maximum Gasteiger partial charge on any atom is 0.322 e. The molecule has 1 heterocycles. The fourth-order valence-electron chi connectivity index (χ4n) is 3.40. The third kappa shape index (κ3) is 8.08. The Morgan fingerprint density at radius 2 is 1.74 bits per heavy atom. The lowest BCUT2D eigenvalue weighted by Crippen LogP contribution is -2.58. The van der Waals surface area contributed by atoms with E-state index in [9.17, 15) is 29.1 Å². The number of aliphatic hydroxyl groups excluding tert-OH is 1. The van der Waals surface area contributed by atoms with Gasteiger partial charge in [-0.15, -0.1) is 0 Å². The van der Waals surface area contributed by atoms with E-state index in [1.807, 2.05) is 24.3 Å². The largest absolute Gasteiger partial charge is 0.480 e.